The average Bonchev–Trinajstić information content (AvgIpc) is 3.22. The number of ether oxygens (including phenoxy) is 1. The number of rotatable bonds is 7. The molecule has 0 aliphatic rings. The first-order valence-electron chi connectivity index (χ1n) is 9.88. The quantitative estimate of drug-likeness (QED) is 0.176. The van der Waals surface area contributed by atoms with E-state index in [9.17, 15) is 14.9 Å². The van der Waals surface area contributed by atoms with E-state index in [0.29, 0.717) is 28.2 Å². The molecule has 0 unspecified atom stereocenters. The molecule has 9 heteroatoms. The monoisotopic (exact) mass is 523 g/mol. The van der Waals surface area contributed by atoms with Crippen LogP contribution in [0.5, 0.6) is 5.75 Å². The Morgan fingerprint density at radius 1 is 1.18 bits per heavy atom. The number of nitrogens with zero attached hydrogens (tertiary/aromatic N) is 2. The van der Waals surface area contributed by atoms with E-state index in [0.717, 1.165) is 20.3 Å². The number of thiophene rings is 1. The van der Waals surface area contributed by atoms with Gasteiger partial charge in [-0.25, -0.2) is 5.43 Å². The fourth-order valence-electron chi connectivity index (χ4n) is 3.19. The smallest absolute Gasteiger partial charge is 0.281 e. The second kappa shape index (κ2) is 9.93. The highest BCUT2D eigenvalue weighted by Gasteiger charge is 2.13. The summed E-state index contributed by atoms with van der Waals surface area (Å²) >= 11 is 4.69. The Hall–Kier alpha value is -3.56. The summed E-state index contributed by atoms with van der Waals surface area (Å²) < 4.78 is 7.60. The molecule has 0 aliphatic heterocycles. The molecule has 1 aromatic heterocycles. The van der Waals surface area contributed by atoms with Gasteiger partial charge in [-0.2, -0.15) is 5.10 Å². The molecule has 166 valence electrons. The van der Waals surface area contributed by atoms with Gasteiger partial charge in [0.05, 0.1) is 16.0 Å². The van der Waals surface area contributed by atoms with Crippen molar-refractivity contribution >= 4 is 55.2 Å². The van der Waals surface area contributed by atoms with Crippen LogP contribution in [0, 0.1) is 17.0 Å². The van der Waals surface area contributed by atoms with Crippen molar-refractivity contribution in [3.63, 3.8) is 0 Å². The number of nitro groups is 1. The van der Waals surface area contributed by atoms with Gasteiger partial charge in [-0.3, -0.25) is 14.9 Å². The Kier molecular flexibility index (Phi) is 6.81. The molecule has 0 atom stereocenters. The van der Waals surface area contributed by atoms with E-state index in [4.69, 9.17) is 4.74 Å². The summed E-state index contributed by atoms with van der Waals surface area (Å²) in [6.45, 7) is 2.44. The standard InChI is InChI=1S/C24H18BrN3O4S/c1-15-3-2-4-16(9-15)14-32-21-7-5-19(25)10-18(21)13-26-27-24(29)23-12-17-11-20(28(30)31)6-8-22(17)33-23/h2-13H,14H2,1H3,(H,27,29)/b26-13-. The molecule has 3 aromatic carbocycles. The van der Waals surface area contributed by atoms with Crippen LogP contribution in [-0.2, 0) is 6.61 Å². The normalized spacial score (nSPS) is 11.1. The second-order valence-corrected chi connectivity index (χ2v) is 9.25. The lowest BCUT2D eigenvalue weighted by molar-refractivity contribution is -0.384. The van der Waals surface area contributed by atoms with Crippen molar-refractivity contribution in [1.29, 1.82) is 0 Å². The summed E-state index contributed by atoms with van der Waals surface area (Å²) in [5.41, 5.74) is 5.41. The summed E-state index contributed by atoms with van der Waals surface area (Å²) in [5.74, 6) is 0.235. The number of hydrazone groups is 1. The highest BCUT2D eigenvalue weighted by Crippen LogP contribution is 2.29. The number of fused-ring (bicyclic) bond motifs is 1. The first-order chi connectivity index (χ1) is 15.9. The SMILES string of the molecule is Cc1cccc(COc2ccc(Br)cc2/C=N\NC(=O)c2cc3cc([N+](=O)[O-])ccc3s2)c1. The zero-order chi connectivity index (χ0) is 23.4. The third-order valence-electron chi connectivity index (χ3n) is 4.75. The molecule has 4 rings (SSSR count). The maximum absolute atomic E-state index is 12.5. The molecule has 0 aliphatic carbocycles. The zero-order valence-electron chi connectivity index (χ0n) is 17.4. The Morgan fingerprint density at radius 2 is 2.03 bits per heavy atom. The van der Waals surface area contributed by atoms with Crippen molar-refractivity contribution in [2.75, 3.05) is 0 Å². The number of aryl methyl sites for hydroxylation is 1. The molecule has 0 bridgehead atoms. The molecule has 1 N–H and O–H groups in total. The number of hydrogen-bond donors (Lipinski definition) is 1. The third-order valence-corrected chi connectivity index (χ3v) is 6.36. The fraction of sp³-hybridized carbons (Fsp3) is 0.0833. The molecule has 4 aromatic rings. The number of carbonyl (C=O) groups is 1. The summed E-state index contributed by atoms with van der Waals surface area (Å²) in [4.78, 5) is 23.4. The number of carbonyl (C=O) groups excluding carboxylic acids is 1. The van der Waals surface area contributed by atoms with Crippen molar-refractivity contribution < 1.29 is 14.5 Å². The van der Waals surface area contributed by atoms with E-state index in [1.165, 1.54) is 29.7 Å². The van der Waals surface area contributed by atoms with E-state index >= 15 is 0 Å². The predicted molar refractivity (Wildman–Crippen MR) is 133 cm³/mol. The number of hydrogen-bond acceptors (Lipinski definition) is 6. The molecule has 1 heterocycles. The summed E-state index contributed by atoms with van der Waals surface area (Å²) in [7, 11) is 0. The van der Waals surface area contributed by atoms with Crippen molar-refractivity contribution in [2.45, 2.75) is 13.5 Å². The lowest BCUT2D eigenvalue weighted by Crippen LogP contribution is -2.16. The largest absolute Gasteiger partial charge is 0.488 e. The number of benzene rings is 3. The number of amides is 1. The van der Waals surface area contributed by atoms with Gasteiger partial charge in [-0.05, 0) is 42.8 Å². The van der Waals surface area contributed by atoms with Gasteiger partial charge in [0.25, 0.3) is 11.6 Å². The van der Waals surface area contributed by atoms with Crippen LogP contribution in [0.1, 0.15) is 26.4 Å². The maximum atomic E-state index is 12.5. The molecular weight excluding hydrogens is 506 g/mol. The van der Waals surface area contributed by atoms with Gasteiger partial charge >= 0.3 is 0 Å². The number of halogens is 1. The molecule has 33 heavy (non-hydrogen) atoms. The predicted octanol–water partition coefficient (Wildman–Crippen LogP) is 6.22. The van der Waals surface area contributed by atoms with Crippen molar-refractivity contribution in [3.8, 4) is 5.75 Å². The van der Waals surface area contributed by atoms with Crippen LogP contribution >= 0.6 is 27.3 Å². The zero-order valence-corrected chi connectivity index (χ0v) is 19.9. The van der Waals surface area contributed by atoms with Gasteiger partial charge in [0.15, 0.2) is 0 Å². The van der Waals surface area contributed by atoms with Crippen LogP contribution in [0.15, 0.2) is 76.3 Å². The Balaban J connectivity index is 1.46. The van der Waals surface area contributed by atoms with Crippen molar-refractivity contribution in [2.24, 2.45) is 5.10 Å². The van der Waals surface area contributed by atoms with Crippen LogP contribution in [-0.4, -0.2) is 17.0 Å². The van der Waals surface area contributed by atoms with Crippen LogP contribution in [0.4, 0.5) is 5.69 Å². The van der Waals surface area contributed by atoms with E-state index in [1.807, 2.05) is 43.3 Å². The maximum Gasteiger partial charge on any atom is 0.281 e. The third kappa shape index (κ3) is 5.63. The van der Waals surface area contributed by atoms with Gasteiger partial charge in [-0.15, -0.1) is 11.3 Å². The molecule has 0 radical (unpaired) electrons. The van der Waals surface area contributed by atoms with Gasteiger partial charge in [0, 0.05) is 32.3 Å². The van der Waals surface area contributed by atoms with Crippen molar-refractivity contribution in [3.05, 3.63) is 103 Å². The first kappa shape index (κ1) is 22.6. The van der Waals surface area contributed by atoms with E-state index in [1.54, 1.807) is 12.1 Å². The van der Waals surface area contributed by atoms with Gasteiger partial charge in [0.2, 0.25) is 0 Å². The highest BCUT2D eigenvalue weighted by molar-refractivity contribution is 9.10. The topological polar surface area (TPSA) is 93.8 Å². The molecule has 0 fully saturated rings. The lowest BCUT2D eigenvalue weighted by Gasteiger charge is -2.10. The Bertz CT molecular complexity index is 1380. The summed E-state index contributed by atoms with van der Waals surface area (Å²) in [6.07, 6.45) is 1.52. The molecule has 0 saturated carbocycles. The van der Waals surface area contributed by atoms with E-state index < -0.39 is 10.8 Å². The van der Waals surface area contributed by atoms with Gasteiger partial charge < -0.3 is 4.74 Å². The summed E-state index contributed by atoms with van der Waals surface area (Å²) in [5, 5.41) is 15.7. The summed E-state index contributed by atoms with van der Waals surface area (Å²) in [6, 6.07) is 19.8. The van der Waals surface area contributed by atoms with Gasteiger partial charge in [0.1, 0.15) is 12.4 Å². The Morgan fingerprint density at radius 3 is 2.82 bits per heavy atom. The average molecular weight is 524 g/mol. The molecule has 0 spiro atoms. The highest BCUT2D eigenvalue weighted by atomic mass is 79.9. The number of nitrogens with one attached hydrogen (secondary N) is 1. The second-order valence-electron chi connectivity index (χ2n) is 7.25. The van der Waals surface area contributed by atoms with E-state index in [2.05, 4.69) is 32.5 Å². The van der Waals surface area contributed by atoms with Crippen LogP contribution in [0.25, 0.3) is 10.1 Å². The molecule has 7 nitrogen and oxygen atoms in total. The minimum atomic E-state index is -0.461. The minimum absolute atomic E-state index is 0.0156. The molecular formula is C24H18BrN3O4S. The lowest BCUT2D eigenvalue weighted by atomic mass is 10.1. The number of nitro benzene ring substituents is 1. The Labute approximate surface area is 202 Å². The van der Waals surface area contributed by atoms with E-state index in [-0.39, 0.29) is 5.69 Å². The molecule has 1 amide bonds. The fourth-order valence-corrected chi connectivity index (χ4v) is 4.50. The van der Waals surface area contributed by atoms with Crippen LogP contribution < -0.4 is 10.2 Å². The van der Waals surface area contributed by atoms with Crippen LogP contribution in [0.3, 0.4) is 0 Å². The molecule has 0 saturated heterocycles. The van der Waals surface area contributed by atoms with Gasteiger partial charge in [-0.1, -0.05) is 45.8 Å². The number of non-ortho nitro benzene ring substituents is 1. The van der Waals surface area contributed by atoms with Crippen LogP contribution in [0.2, 0.25) is 0 Å². The first-order valence-corrected chi connectivity index (χ1v) is 11.5. The van der Waals surface area contributed by atoms with Crippen molar-refractivity contribution in [1.82, 2.24) is 5.43 Å². The minimum Gasteiger partial charge on any atom is -0.488 e.